The van der Waals surface area contributed by atoms with Gasteiger partial charge in [0.1, 0.15) is 0 Å². The summed E-state index contributed by atoms with van der Waals surface area (Å²) in [6.45, 7) is 0. The van der Waals surface area contributed by atoms with Crippen molar-refractivity contribution >= 4 is 23.7 Å². The van der Waals surface area contributed by atoms with E-state index in [1.807, 2.05) is 27.3 Å². The van der Waals surface area contributed by atoms with Crippen molar-refractivity contribution in [2.75, 3.05) is 24.4 Å². The molecule has 2 rings (SSSR count). The molecule has 2 aromatic heterocycles. The summed E-state index contributed by atoms with van der Waals surface area (Å²) in [6.07, 6.45) is 3.64. The first-order valence-corrected chi connectivity index (χ1v) is 5.96. The second kappa shape index (κ2) is 5.19. The minimum atomic E-state index is 0.333. The smallest absolute Gasteiger partial charge is 0.242 e. The van der Waals surface area contributed by atoms with Gasteiger partial charge in [0.05, 0.1) is 11.1 Å². The largest absolute Gasteiger partial charge is 0.347 e. The van der Waals surface area contributed by atoms with E-state index in [9.17, 15) is 0 Å². The van der Waals surface area contributed by atoms with Gasteiger partial charge in [-0.25, -0.2) is 5.84 Å². The Hall–Kier alpha value is -1.87. The predicted octanol–water partition coefficient (Wildman–Crippen LogP) is 0.108. The number of aryl methyl sites for hydroxylation is 1. The normalized spacial score (nSPS) is 10.4. The minimum absolute atomic E-state index is 0.333. The quantitative estimate of drug-likeness (QED) is 0.594. The number of hydrogen-bond acceptors (Lipinski definition) is 8. The second-order valence-corrected chi connectivity index (χ2v) is 4.77. The Kier molecular flexibility index (Phi) is 3.63. The van der Waals surface area contributed by atoms with Gasteiger partial charge in [-0.1, -0.05) is 0 Å². The van der Waals surface area contributed by atoms with Crippen LogP contribution in [-0.2, 0) is 7.05 Å². The first-order chi connectivity index (χ1) is 8.58. The summed E-state index contributed by atoms with van der Waals surface area (Å²) >= 11 is 1.40. The van der Waals surface area contributed by atoms with Crippen LogP contribution in [0, 0.1) is 0 Å². The molecule has 0 atom stereocenters. The van der Waals surface area contributed by atoms with Crippen LogP contribution < -0.4 is 16.2 Å². The fraction of sp³-hybridized carbons (Fsp3) is 0.333. The minimum Gasteiger partial charge on any atom is -0.347 e. The van der Waals surface area contributed by atoms with Gasteiger partial charge in [0.2, 0.25) is 11.9 Å². The average molecular weight is 266 g/mol. The predicted molar refractivity (Wildman–Crippen MR) is 69.3 cm³/mol. The van der Waals surface area contributed by atoms with Crippen LogP contribution in [0.25, 0.3) is 0 Å². The van der Waals surface area contributed by atoms with E-state index < -0.39 is 0 Å². The SMILES string of the molecule is CN(C)c1nc(NN)nc(Sc2cnn(C)c2)n1. The standard InChI is InChI=1S/C9H14N8S/c1-16(2)8-12-7(15-10)13-9(14-8)18-6-4-11-17(3)5-6/h4-5H,10H2,1-3H3,(H,12,13,14,15). The fourth-order valence-electron chi connectivity index (χ4n) is 1.21. The zero-order valence-electron chi connectivity index (χ0n) is 10.3. The van der Waals surface area contributed by atoms with E-state index in [1.165, 1.54) is 11.8 Å². The molecule has 2 heterocycles. The number of nitrogens with one attached hydrogen (secondary N) is 1. The van der Waals surface area contributed by atoms with E-state index >= 15 is 0 Å². The van der Waals surface area contributed by atoms with Crippen molar-refractivity contribution in [1.82, 2.24) is 24.7 Å². The molecule has 96 valence electrons. The molecule has 3 N–H and O–H groups in total. The first kappa shape index (κ1) is 12.6. The maximum atomic E-state index is 5.34. The molecule has 18 heavy (non-hydrogen) atoms. The second-order valence-electron chi connectivity index (χ2n) is 3.73. The third-order valence-corrected chi connectivity index (χ3v) is 2.83. The summed E-state index contributed by atoms with van der Waals surface area (Å²) in [5.74, 6) is 6.22. The Bertz CT molecular complexity index is 537. The van der Waals surface area contributed by atoms with Crippen LogP contribution in [0.15, 0.2) is 22.4 Å². The third kappa shape index (κ3) is 2.87. The van der Waals surface area contributed by atoms with Crippen molar-refractivity contribution in [3.63, 3.8) is 0 Å². The van der Waals surface area contributed by atoms with Crippen LogP contribution in [0.3, 0.4) is 0 Å². The van der Waals surface area contributed by atoms with E-state index in [-0.39, 0.29) is 0 Å². The number of anilines is 2. The van der Waals surface area contributed by atoms with Crippen LogP contribution in [0.2, 0.25) is 0 Å². The molecule has 0 saturated heterocycles. The Morgan fingerprint density at radius 3 is 2.67 bits per heavy atom. The number of hydrazine groups is 1. The van der Waals surface area contributed by atoms with Crippen molar-refractivity contribution in [3.05, 3.63) is 12.4 Å². The van der Waals surface area contributed by atoms with Gasteiger partial charge < -0.3 is 4.90 Å². The molecule has 2 aromatic rings. The molecule has 0 unspecified atom stereocenters. The average Bonchev–Trinajstić information content (AvgIpc) is 2.74. The van der Waals surface area contributed by atoms with Crippen molar-refractivity contribution < 1.29 is 0 Å². The summed E-state index contributed by atoms with van der Waals surface area (Å²) in [7, 11) is 5.57. The fourth-order valence-corrected chi connectivity index (χ4v) is 1.99. The summed E-state index contributed by atoms with van der Waals surface area (Å²) < 4.78 is 1.72. The van der Waals surface area contributed by atoms with Gasteiger partial charge in [0.15, 0.2) is 5.16 Å². The first-order valence-electron chi connectivity index (χ1n) is 5.15. The molecule has 0 saturated carbocycles. The Balaban J connectivity index is 2.29. The van der Waals surface area contributed by atoms with Crippen LogP contribution in [0.4, 0.5) is 11.9 Å². The van der Waals surface area contributed by atoms with Crippen molar-refractivity contribution in [1.29, 1.82) is 0 Å². The van der Waals surface area contributed by atoms with Gasteiger partial charge >= 0.3 is 0 Å². The molecule has 0 radical (unpaired) electrons. The Morgan fingerprint density at radius 2 is 2.11 bits per heavy atom. The maximum Gasteiger partial charge on any atom is 0.242 e. The van der Waals surface area contributed by atoms with Gasteiger partial charge in [-0.05, 0) is 11.8 Å². The number of rotatable bonds is 4. The third-order valence-electron chi connectivity index (χ3n) is 2.02. The van der Waals surface area contributed by atoms with E-state index in [1.54, 1.807) is 15.8 Å². The molecule has 0 amide bonds. The molecule has 0 aliphatic carbocycles. The monoisotopic (exact) mass is 266 g/mol. The van der Waals surface area contributed by atoms with Crippen LogP contribution in [0.5, 0.6) is 0 Å². The van der Waals surface area contributed by atoms with Crippen LogP contribution >= 0.6 is 11.8 Å². The number of nitrogen functional groups attached to an aromatic ring is 1. The van der Waals surface area contributed by atoms with E-state index in [2.05, 4.69) is 25.5 Å². The molecule has 0 aliphatic rings. The van der Waals surface area contributed by atoms with E-state index in [4.69, 9.17) is 5.84 Å². The molecular formula is C9H14N8S. The molecule has 0 aromatic carbocycles. The van der Waals surface area contributed by atoms with Crippen LogP contribution in [0.1, 0.15) is 0 Å². The lowest BCUT2D eigenvalue weighted by atomic mass is 10.7. The van der Waals surface area contributed by atoms with Gasteiger partial charge in [-0.3, -0.25) is 10.1 Å². The highest BCUT2D eigenvalue weighted by atomic mass is 32.2. The van der Waals surface area contributed by atoms with Crippen molar-refractivity contribution in [3.8, 4) is 0 Å². The number of hydrogen-bond donors (Lipinski definition) is 2. The molecule has 0 spiro atoms. The number of aromatic nitrogens is 5. The highest BCUT2D eigenvalue weighted by molar-refractivity contribution is 7.99. The molecule has 9 heteroatoms. The summed E-state index contributed by atoms with van der Waals surface area (Å²) in [5, 5.41) is 4.65. The van der Waals surface area contributed by atoms with E-state index in [0.29, 0.717) is 17.1 Å². The van der Waals surface area contributed by atoms with E-state index in [0.717, 1.165) is 4.90 Å². The van der Waals surface area contributed by atoms with Gasteiger partial charge in [0.25, 0.3) is 0 Å². The van der Waals surface area contributed by atoms with Crippen molar-refractivity contribution in [2.24, 2.45) is 12.9 Å². The lowest BCUT2D eigenvalue weighted by molar-refractivity contribution is 0.766. The van der Waals surface area contributed by atoms with Gasteiger partial charge in [0, 0.05) is 27.3 Å². The van der Waals surface area contributed by atoms with Gasteiger partial charge in [-0.15, -0.1) is 0 Å². The van der Waals surface area contributed by atoms with Crippen molar-refractivity contribution in [2.45, 2.75) is 10.1 Å². The summed E-state index contributed by atoms with van der Waals surface area (Å²) in [5.41, 5.74) is 2.43. The van der Waals surface area contributed by atoms with Gasteiger partial charge in [-0.2, -0.15) is 20.1 Å². The Labute approximate surface area is 109 Å². The number of nitrogens with two attached hydrogens (primary N) is 1. The number of nitrogens with zero attached hydrogens (tertiary/aromatic N) is 6. The highest BCUT2D eigenvalue weighted by Crippen LogP contribution is 2.25. The molecule has 0 fully saturated rings. The van der Waals surface area contributed by atoms with Crippen LogP contribution in [-0.4, -0.2) is 38.8 Å². The zero-order chi connectivity index (χ0) is 13.1. The lowest BCUT2D eigenvalue weighted by Crippen LogP contribution is -2.17. The molecule has 0 aliphatic heterocycles. The lowest BCUT2D eigenvalue weighted by Gasteiger charge is -2.11. The molecule has 0 bridgehead atoms. The Morgan fingerprint density at radius 1 is 1.33 bits per heavy atom. The maximum absolute atomic E-state index is 5.34. The summed E-state index contributed by atoms with van der Waals surface area (Å²) in [6, 6.07) is 0. The highest BCUT2D eigenvalue weighted by Gasteiger charge is 2.09. The summed E-state index contributed by atoms with van der Waals surface area (Å²) in [4.78, 5) is 15.4. The topological polar surface area (TPSA) is 97.8 Å². The molecular weight excluding hydrogens is 252 g/mol. The molecule has 8 nitrogen and oxygen atoms in total. The zero-order valence-corrected chi connectivity index (χ0v) is 11.1.